The smallest absolute Gasteiger partial charge is 0.0455 e. The van der Waals surface area contributed by atoms with Crippen molar-refractivity contribution in [1.82, 2.24) is 0 Å². The van der Waals surface area contributed by atoms with Gasteiger partial charge in [-0.15, -0.1) is 68.0 Å². The fraction of sp³-hybridized carbons (Fsp3) is 0.381. The van der Waals surface area contributed by atoms with Gasteiger partial charge in [0.15, 0.2) is 0 Å². The lowest BCUT2D eigenvalue weighted by atomic mass is 9.95. The molecule has 0 aliphatic heterocycles. The van der Waals surface area contributed by atoms with E-state index in [-0.39, 0.29) is 10.8 Å². The van der Waals surface area contributed by atoms with Gasteiger partial charge in [0.05, 0.1) is 0 Å². The average molecular weight is 743 g/mol. The van der Waals surface area contributed by atoms with Gasteiger partial charge in [0.2, 0.25) is 0 Å². The fourth-order valence-electron chi connectivity index (χ4n) is 6.30. The molecule has 0 saturated heterocycles. The Balaban J connectivity index is 1.53. The number of rotatable bonds is 8. The topological polar surface area (TPSA) is 0 Å². The standard InChI is InChI=1S/C42H46S6/c1-23(2)19-25-11-13-31(43-25)37-27-21-33(29-15-17-35(45-29)41(5,6)7)48-40(27)38(32-14-12-26(44-32)20-24(3)4)28-22-34(47-39(28)37)30-16-18-36(46-30)42(8,9)10/h11-18,21-24H,19-20H2,1-10H3. The summed E-state index contributed by atoms with van der Waals surface area (Å²) >= 11 is 11.9. The number of hydrogen-bond acceptors (Lipinski definition) is 6. The Morgan fingerprint density at radius 3 is 1.15 bits per heavy atom. The lowest BCUT2D eigenvalue weighted by Crippen LogP contribution is -2.07. The summed E-state index contributed by atoms with van der Waals surface area (Å²) in [6.45, 7) is 23.3. The van der Waals surface area contributed by atoms with E-state index in [4.69, 9.17) is 0 Å². The molecule has 0 amide bonds. The molecule has 7 aromatic rings. The summed E-state index contributed by atoms with van der Waals surface area (Å²) < 4.78 is 2.86. The second-order valence-electron chi connectivity index (χ2n) is 16.0. The van der Waals surface area contributed by atoms with Crippen LogP contribution in [0.2, 0.25) is 0 Å². The van der Waals surface area contributed by atoms with Crippen LogP contribution >= 0.6 is 68.0 Å². The van der Waals surface area contributed by atoms with E-state index < -0.39 is 0 Å². The van der Waals surface area contributed by atoms with Crippen LogP contribution in [-0.2, 0) is 23.7 Å². The lowest BCUT2D eigenvalue weighted by molar-refractivity contribution is 0.603. The highest BCUT2D eigenvalue weighted by Crippen LogP contribution is 2.55. The van der Waals surface area contributed by atoms with Gasteiger partial charge < -0.3 is 0 Å². The normalized spacial score (nSPS) is 12.9. The molecule has 6 heterocycles. The summed E-state index contributed by atoms with van der Waals surface area (Å²) in [4.78, 5) is 14.2. The van der Waals surface area contributed by atoms with Gasteiger partial charge in [-0.3, -0.25) is 0 Å². The van der Waals surface area contributed by atoms with Crippen molar-refractivity contribution in [2.75, 3.05) is 0 Å². The molecule has 0 spiro atoms. The van der Waals surface area contributed by atoms with Gasteiger partial charge >= 0.3 is 0 Å². The van der Waals surface area contributed by atoms with Gasteiger partial charge in [-0.1, -0.05) is 69.2 Å². The van der Waals surface area contributed by atoms with Crippen LogP contribution < -0.4 is 0 Å². The first kappa shape index (κ1) is 34.4. The van der Waals surface area contributed by atoms with E-state index in [2.05, 4.69) is 130 Å². The molecule has 0 bridgehead atoms. The Morgan fingerprint density at radius 1 is 0.438 bits per heavy atom. The van der Waals surface area contributed by atoms with E-state index in [0.29, 0.717) is 11.8 Å². The minimum Gasteiger partial charge on any atom is -0.140 e. The van der Waals surface area contributed by atoms with Gasteiger partial charge in [-0.25, -0.2) is 0 Å². The van der Waals surface area contributed by atoms with Crippen molar-refractivity contribution in [3.63, 3.8) is 0 Å². The van der Waals surface area contributed by atoms with Crippen LogP contribution in [0.15, 0.2) is 60.7 Å². The van der Waals surface area contributed by atoms with Crippen molar-refractivity contribution in [1.29, 1.82) is 0 Å². The third-order valence-electron chi connectivity index (χ3n) is 8.67. The molecule has 0 unspecified atom stereocenters. The monoisotopic (exact) mass is 742 g/mol. The molecule has 6 heteroatoms. The van der Waals surface area contributed by atoms with Crippen LogP contribution in [0, 0.1) is 11.8 Å². The highest BCUT2D eigenvalue weighted by molar-refractivity contribution is 7.29. The van der Waals surface area contributed by atoms with Crippen molar-refractivity contribution in [2.24, 2.45) is 11.8 Å². The molecule has 0 saturated carbocycles. The summed E-state index contributed by atoms with van der Waals surface area (Å²) in [5.41, 5.74) is 3.16. The molecule has 1 aromatic carbocycles. The first-order valence-corrected chi connectivity index (χ1v) is 22.0. The highest BCUT2D eigenvalue weighted by Gasteiger charge is 2.26. The molecule has 0 atom stereocenters. The SMILES string of the molecule is CC(C)Cc1ccc(-c2c3cc(-c4ccc(C(C)(C)C)s4)sc3c(-c3ccc(CC(C)C)s3)c3cc(-c4ccc(C(C)(C)C)s4)sc23)s1. The van der Waals surface area contributed by atoms with Gasteiger partial charge in [0, 0.05) is 80.1 Å². The quantitative estimate of drug-likeness (QED) is 0.145. The van der Waals surface area contributed by atoms with Crippen molar-refractivity contribution in [3.05, 3.63) is 80.2 Å². The second kappa shape index (κ2) is 12.9. The Kier molecular flexibility index (Phi) is 9.26. The molecule has 6 aromatic heterocycles. The Hall–Kier alpha value is -2.06. The van der Waals surface area contributed by atoms with Crippen LogP contribution in [0.1, 0.15) is 88.7 Å². The molecule has 0 nitrogen and oxygen atoms in total. The minimum absolute atomic E-state index is 0.150. The van der Waals surface area contributed by atoms with Gasteiger partial charge in [-0.05, 0) is 96.2 Å². The van der Waals surface area contributed by atoms with E-state index >= 15 is 0 Å². The first-order valence-electron chi connectivity index (χ1n) is 17.1. The lowest BCUT2D eigenvalue weighted by Gasteiger charge is -2.15. The van der Waals surface area contributed by atoms with Crippen LogP contribution in [0.3, 0.4) is 0 Å². The summed E-state index contributed by atoms with van der Waals surface area (Å²) in [6, 6.07) is 24.1. The predicted molar refractivity (Wildman–Crippen MR) is 225 cm³/mol. The number of fused-ring (bicyclic) bond motifs is 2. The minimum atomic E-state index is 0.150. The third-order valence-corrected chi connectivity index (χ3v) is 16.6. The summed E-state index contributed by atoms with van der Waals surface area (Å²) in [5.74, 6) is 1.29. The van der Waals surface area contributed by atoms with Gasteiger partial charge in [-0.2, -0.15) is 0 Å². The zero-order chi connectivity index (χ0) is 34.1. The molecular formula is C42H46S6. The summed E-state index contributed by atoms with van der Waals surface area (Å²) in [5, 5.41) is 2.82. The molecule has 0 radical (unpaired) electrons. The molecule has 250 valence electrons. The third kappa shape index (κ3) is 6.70. The molecule has 0 fully saturated rings. The first-order chi connectivity index (χ1) is 22.7. The van der Waals surface area contributed by atoms with E-state index in [1.807, 2.05) is 68.0 Å². The Bertz CT molecular complexity index is 2000. The summed E-state index contributed by atoms with van der Waals surface area (Å²) in [6.07, 6.45) is 2.26. The molecular weight excluding hydrogens is 697 g/mol. The number of benzene rings is 1. The van der Waals surface area contributed by atoms with Crippen LogP contribution in [0.25, 0.3) is 60.6 Å². The maximum atomic E-state index is 2.53. The molecule has 48 heavy (non-hydrogen) atoms. The van der Waals surface area contributed by atoms with Crippen molar-refractivity contribution in [2.45, 2.75) is 92.9 Å². The maximum Gasteiger partial charge on any atom is 0.0455 e. The Morgan fingerprint density at radius 2 is 0.812 bits per heavy atom. The molecule has 7 rings (SSSR count). The van der Waals surface area contributed by atoms with Crippen molar-refractivity contribution in [3.8, 4) is 40.4 Å². The van der Waals surface area contributed by atoms with Crippen molar-refractivity contribution >= 4 is 88.2 Å². The Labute approximate surface area is 311 Å². The maximum absolute atomic E-state index is 2.53. The molecule has 0 N–H and O–H groups in total. The van der Waals surface area contributed by atoms with E-state index in [0.717, 1.165) is 12.8 Å². The zero-order valence-electron chi connectivity index (χ0n) is 29.8. The largest absolute Gasteiger partial charge is 0.140 e. The van der Waals surface area contributed by atoms with Crippen LogP contribution in [-0.4, -0.2) is 0 Å². The number of thiophene rings is 6. The molecule has 0 aliphatic carbocycles. The van der Waals surface area contributed by atoms with E-state index in [1.165, 1.54) is 80.1 Å². The average Bonchev–Trinajstić information content (AvgIpc) is 3.82. The highest BCUT2D eigenvalue weighted by atomic mass is 32.1. The van der Waals surface area contributed by atoms with Gasteiger partial charge in [0.25, 0.3) is 0 Å². The zero-order valence-corrected chi connectivity index (χ0v) is 34.7. The van der Waals surface area contributed by atoms with E-state index in [9.17, 15) is 0 Å². The number of hydrogen-bond donors (Lipinski definition) is 0. The van der Waals surface area contributed by atoms with Crippen LogP contribution in [0.4, 0.5) is 0 Å². The summed E-state index contributed by atoms with van der Waals surface area (Å²) in [7, 11) is 0. The fourth-order valence-corrected chi connectivity index (χ4v) is 13.8. The van der Waals surface area contributed by atoms with Crippen LogP contribution in [0.5, 0.6) is 0 Å². The van der Waals surface area contributed by atoms with Crippen molar-refractivity contribution < 1.29 is 0 Å². The predicted octanol–water partition coefficient (Wildman–Crippen LogP) is 16.0. The molecule has 0 aliphatic rings. The van der Waals surface area contributed by atoms with Gasteiger partial charge in [0.1, 0.15) is 0 Å². The van der Waals surface area contributed by atoms with E-state index in [1.54, 1.807) is 0 Å². The second-order valence-corrected chi connectivity index (χ2v) is 22.6.